The predicted octanol–water partition coefficient (Wildman–Crippen LogP) is 2.77. The molecule has 0 aliphatic carbocycles. The average Bonchev–Trinajstić information content (AvgIpc) is 1.84. The van der Waals surface area contributed by atoms with E-state index in [1.807, 2.05) is 0 Å². The Bertz CT molecular complexity index is 129. The summed E-state index contributed by atoms with van der Waals surface area (Å²) in [7, 11) is 0. The van der Waals surface area contributed by atoms with Crippen molar-refractivity contribution in [3.63, 3.8) is 0 Å². The van der Waals surface area contributed by atoms with Crippen LogP contribution >= 0.6 is 12.2 Å². The van der Waals surface area contributed by atoms with Crippen LogP contribution in [-0.4, -0.2) is 23.1 Å². The summed E-state index contributed by atoms with van der Waals surface area (Å²) in [5.41, 5.74) is 5.55. The monoisotopic (exact) mass is 204 g/mol. The number of rotatable bonds is 0. The zero-order valence-electron chi connectivity index (χ0n) is 6.88. The fourth-order valence-corrected chi connectivity index (χ4v) is 1.65. The van der Waals surface area contributed by atoms with Crippen LogP contribution in [0.25, 0.3) is 0 Å². The molecule has 0 radical (unpaired) electrons. The van der Waals surface area contributed by atoms with E-state index < -0.39 is 0 Å². The molecule has 1 fully saturated rings. The molecule has 13 heavy (non-hydrogen) atoms. The molecule has 0 amide bonds. The highest BCUT2D eigenvalue weighted by Gasteiger charge is 2.07. The molecule has 1 heterocycles. The topological polar surface area (TPSA) is 29.3 Å². The van der Waals surface area contributed by atoms with Crippen molar-refractivity contribution >= 4 is 17.3 Å². The molecule has 0 aromatic heterocycles. The number of thiocarbonyl (C=S) groups is 1. The summed E-state index contributed by atoms with van der Waals surface area (Å²) in [6.45, 7) is 2.13. The van der Waals surface area contributed by atoms with Gasteiger partial charge in [0, 0.05) is 13.1 Å². The van der Waals surface area contributed by atoms with Crippen molar-refractivity contribution in [1.82, 2.24) is 4.90 Å². The molecule has 0 aromatic carbocycles. The Morgan fingerprint density at radius 3 is 1.69 bits per heavy atom. The van der Waals surface area contributed by atoms with Crippen molar-refractivity contribution in [1.29, 1.82) is 0 Å². The summed E-state index contributed by atoms with van der Waals surface area (Å²) in [5, 5.41) is 0.576. The fourth-order valence-electron chi connectivity index (χ4n) is 1.47. The molecule has 0 atom stereocenters. The molecule has 0 unspecified atom stereocenters. The van der Waals surface area contributed by atoms with Gasteiger partial charge in [-0.15, -0.1) is 0 Å². The minimum absolute atomic E-state index is 0. The third kappa shape index (κ3) is 5.86. The molecule has 3 heteroatoms. The van der Waals surface area contributed by atoms with Gasteiger partial charge in [-0.3, -0.25) is 0 Å². The minimum Gasteiger partial charge on any atom is -0.376 e. The average molecular weight is 204 g/mol. The van der Waals surface area contributed by atoms with Gasteiger partial charge in [0.15, 0.2) is 5.11 Å². The second kappa shape index (κ2) is 8.30. The van der Waals surface area contributed by atoms with Gasteiger partial charge in [0.25, 0.3) is 0 Å². The molecule has 0 saturated carbocycles. The molecular weight excluding hydrogens is 180 g/mol. The molecule has 1 rings (SSSR count). The largest absolute Gasteiger partial charge is 0.376 e. The first kappa shape index (κ1) is 15.2. The number of likely N-dealkylation sites (tertiary alicyclic amines) is 1. The van der Waals surface area contributed by atoms with Gasteiger partial charge in [0.1, 0.15) is 0 Å². The lowest BCUT2D eigenvalue weighted by atomic mass is 10.1. The van der Waals surface area contributed by atoms with Gasteiger partial charge in [0.2, 0.25) is 0 Å². The minimum atomic E-state index is 0. The highest BCUT2D eigenvalue weighted by Crippen LogP contribution is 2.09. The molecule has 80 valence electrons. The first-order valence-corrected chi connectivity index (χ1v) is 4.76. The van der Waals surface area contributed by atoms with Crippen LogP contribution in [0.2, 0.25) is 0 Å². The van der Waals surface area contributed by atoms with E-state index in [1.165, 1.54) is 32.1 Å². The van der Waals surface area contributed by atoms with Gasteiger partial charge in [0.05, 0.1) is 0 Å². The smallest absolute Gasteiger partial charge is 0.166 e. The Balaban J connectivity index is 0. The molecule has 1 aliphatic rings. The molecule has 2 nitrogen and oxygen atoms in total. The van der Waals surface area contributed by atoms with Crippen molar-refractivity contribution in [3.8, 4) is 0 Å². The Morgan fingerprint density at radius 2 is 1.31 bits per heavy atom. The molecule has 1 aliphatic heterocycles. The third-order valence-electron chi connectivity index (χ3n) is 2.17. The summed E-state index contributed by atoms with van der Waals surface area (Å²) in [5.74, 6) is 0. The van der Waals surface area contributed by atoms with Crippen molar-refractivity contribution in [2.24, 2.45) is 5.73 Å². The van der Waals surface area contributed by atoms with Crippen LogP contribution in [-0.2, 0) is 0 Å². The van der Waals surface area contributed by atoms with E-state index in [0.29, 0.717) is 5.11 Å². The highest BCUT2D eigenvalue weighted by atomic mass is 32.1. The molecule has 0 aromatic rings. The van der Waals surface area contributed by atoms with Crippen molar-refractivity contribution in [2.45, 2.75) is 47.0 Å². The van der Waals surface area contributed by atoms with Crippen molar-refractivity contribution in [3.05, 3.63) is 0 Å². The Labute approximate surface area is 88.5 Å². The fraction of sp³-hybridized carbons (Fsp3) is 0.900. The maximum Gasteiger partial charge on any atom is 0.166 e. The van der Waals surface area contributed by atoms with Crippen LogP contribution in [0.15, 0.2) is 0 Å². The van der Waals surface area contributed by atoms with Gasteiger partial charge in [-0.1, -0.05) is 34.1 Å². The summed E-state index contributed by atoms with van der Waals surface area (Å²) in [6.07, 6.45) is 6.54. The SMILES string of the molecule is C.C.NC(=S)N1CCCCCCC1. The number of hydrogen-bond acceptors (Lipinski definition) is 1. The van der Waals surface area contributed by atoms with Gasteiger partial charge >= 0.3 is 0 Å². The van der Waals surface area contributed by atoms with Gasteiger partial charge in [-0.05, 0) is 25.1 Å². The van der Waals surface area contributed by atoms with E-state index >= 15 is 0 Å². The van der Waals surface area contributed by atoms with Crippen LogP contribution in [0.1, 0.15) is 47.0 Å². The molecule has 0 bridgehead atoms. The molecule has 1 saturated heterocycles. The summed E-state index contributed by atoms with van der Waals surface area (Å²) < 4.78 is 0. The first-order valence-electron chi connectivity index (χ1n) is 4.35. The van der Waals surface area contributed by atoms with Crippen molar-refractivity contribution in [2.75, 3.05) is 13.1 Å². The van der Waals surface area contributed by atoms with Crippen LogP contribution in [0.5, 0.6) is 0 Å². The summed E-state index contributed by atoms with van der Waals surface area (Å²) >= 11 is 4.92. The Hall–Kier alpha value is -0.310. The maximum atomic E-state index is 5.55. The summed E-state index contributed by atoms with van der Waals surface area (Å²) in [6, 6.07) is 0. The number of nitrogens with two attached hydrogens (primary N) is 1. The first-order chi connectivity index (χ1) is 5.30. The number of nitrogens with zero attached hydrogens (tertiary/aromatic N) is 1. The van der Waals surface area contributed by atoms with E-state index in [1.54, 1.807) is 0 Å². The van der Waals surface area contributed by atoms with Gasteiger partial charge in [-0.2, -0.15) is 0 Å². The predicted molar refractivity (Wildman–Crippen MR) is 64.9 cm³/mol. The molecule has 2 N–H and O–H groups in total. The standard InChI is InChI=1S/C8H16N2S.2CH4/c9-8(11)10-6-4-2-1-3-5-7-10;;/h1-7H2,(H2,9,11);2*1H4. The van der Waals surface area contributed by atoms with E-state index in [9.17, 15) is 0 Å². The lowest BCUT2D eigenvalue weighted by Crippen LogP contribution is -2.37. The maximum absolute atomic E-state index is 5.55. The lowest BCUT2D eigenvalue weighted by molar-refractivity contribution is 0.364. The van der Waals surface area contributed by atoms with Crippen LogP contribution in [0.3, 0.4) is 0 Å². The molecular formula is C10H24N2S. The quantitative estimate of drug-likeness (QED) is 0.615. The third-order valence-corrected chi connectivity index (χ3v) is 2.43. The Morgan fingerprint density at radius 1 is 0.923 bits per heavy atom. The van der Waals surface area contributed by atoms with Gasteiger partial charge in [-0.25, -0.2) is 0 Å². The zero-order valence-corrected chi connectivity index (χ0v) is 7.70. The van der Waals surface area contributed by atoms with E-state index in [0.717, 1.165) is 13.1 Å². The van der Waals surface area contributed by atoms with Crippen LogP contribution in [0, 0.1) is 0 Å². The highest BCUT2D eigenvalue weighted by molar-refractivity contribution is 7.80. The van der Waals surface area contributed by atoms with E-state index in [-0.39, 0.29) is 14.9 Å². The van der Waals surface area contributed by atoms with E-state index in [4.69, 9.17) is 18.0 Å². The Kier molecular flexibility index (Phi) is 9.68. The lowest BCUT2D eigenvalue weighted by Gasteiger charge is -2.24. The van der Waals surface area contributed by atoms with Crippen LogP contribution < -0.4 is 5.73 Å². The van der Waals surface area contributed by atoms with Crippen LogP contribution in [0.4, 0.5) is 0 Å². The van der Waals surface area contributed by atoms with Crippen molar-refractivity contribution < 1.29 is 0 Å². The zero-order chi connectivity index (χ0) is 8.10. The molecule has 0 spiro atoms. The number of hydrogen-bond donors (Lipinski definition) is 1. The second-order valence-electron chi connectivity index (χ2n) is 3.09. The van der Waals surface area contributed by atoms with Gasteiger partial charge < -0.3 is 10.6 Å². The summed E-state index contributed by atoms with van der Waals surface area (Å²) in [4.78, 5) is 2.12. The van der Waals surface area contributed by atoms with E-state index in [2.05, 4.69) is 4.90 Å². The normalized spacial score (nSPS) is 17.4. The second-order valence-corrected chi connectivity index (χ2v) is 3.51.